The van der Waals surface area contributed by atoms with Gasteiger partial charge in [-0.3, -0.25) is 0 Å². The lowest BCUT2D eigenvalue weighted by Gasteiger charge is -2.20. The molecule has 1 aliphatic carbocycles. The third kappa shape index (κ3) is 2.50. The first-order valence-corrected chi connectivity index (χ1v) is 5.77. The molecule has 1 aliphatic rings. The van der Waals surface area contributed by atoms with Gasteiger partial charge in [0.05, 0.1) is 0 Å². The predicted molar refractivity (Wildman–Crippen MR) is 55.2 cm³/mol. The molecule has 0 radical (unpaired) electrons. The van der Waals surface area contributed by atoms with E-state index in [1.54, 1.807) is 0 Å². The zero-order chi connectivity index (χ0) is 8.97. The quantitative estimate of drug-likeness (QED) is 0.588. The van der Waals surface area contributed by atoms with Gasteiger partial charge in [0.25, 0.3) is 0 Å². The van der Waals surface area contributed by atoms with Crippen molar-refractivity contribution in [2.75, 3.05) is 0 Å². The second kappa shape index (κ2) is 4.89. The second-order valence-electron chi connectivity index (χ2n) is 4.59. The fourth-order valence-electron chi connectivity index (χ4n) is 2.62. The average molecular weight is 168 g/mol. The van der Waals surface area contributed by atoms with Crippen LogP contribution in [0.15, 0.2) is 0 Å². The third-order valence-electron chi connectivity index (χ3n) is 3.83. The highest BCUT2D eigenvalue weighted by atomic mass is 14.3. The molecule has 0 spiro atoms. The normalized spacial score (nSPS) is 30.0. The molecule has 0 amide bonds. The van der Waals surface area contributed by atoms with Crippen molar-refractivity contribution >= 4 is 0 Å². The Labute approximate surface area is 77.7 Å². The van der Waals surface area contributed by atoms with E-state index in [4.69, 9.17) is 0 Å². The fourth-order valence-corrected chi connectivity index (χ4v) is 2.62. The molecule has 0 heterocycles. The van der Waals surface area contributed by atoms with Crippen LogP contribution in [0.2, 0.25) is 0 Å². The summed E-state index contributed by atoms with van der Waals surface area (Å²) >= 11 is 0. The molecule has 0 nitrogen and oxygen atoms in total. The van der Waals surface area contributed by atoms with Crippen molar-refractivity contribution in [2.24, 2.45) is 17.8 Å². The Morgan fingerprint density at radius 3 is 2.25 bits per heavy atom. The zero-order valence-corrected chi connectivity index (χ0v) is 8.97. The van der Waals surface area contributed by atoms with E-state index >= 15 is 0 Å². The summed E-state index contributed by atoms with van der Waals surface area (Å²) in [6, 6.07) is 0. The molecule has 1 fully saturated rings. The van der Waals surface area contributed by atoms with Crippen LogP contribution in [0, 0.1) is 17.8 Å². The van der Waals surface area contributed by atoms with E-state index in [-0.39, 0.29) is 0 Å². The van der Waals surface area contributed by atoms with E-state index in [1.807, 2.05) is 0 Å². The van der Waals surface area contributed by atoms with Gasteiger partial charge in [-0.05, 0) is 24.2 Å². The number of hydrogen-bond donors (Lipinski definition) is 0. The number of hydrogen-bond acceptors (Lipinski definition) is 0. The smallest absolute Gasteiger partial charge is 0.0386 e. The summed E-state index contributed by atoms with van der Waals surface area (Å²) in [4.78, 5) is 0. The highest BCUT2D eigenvalue weighted by molar-refractivity contribution is 4.76. The molecule has 1 saturated carbocycles. The van der Waals surface area contributed by atoms with Crippen LogP contribution in [-0.2, 0) is 0 Å². The summed E-state index contributed by atoms with van der Waals surface area (Å²) in [5, 5.41) is 0. The summed E-state index contributed by atoms with van der Waals surface area (Å²) in [6.07, 6.45) is 8.78. The monoisotopic (exact) mass is 168 g/mol. The van der Waals surface area contributed by atoms with Crippen LogP contribution in [0.5, 0.6) is 0 Å². The van der Waals surface area contributed by atoms with Crippen molar-refractivity contribution in [3.8, 4) is 0 Å². The van der Waals surface area contributed by atoms with Crippen LogP contribution in [-0.4, -0.2) is 0 Å². The fraction of sp³-hybridized carbons (Fsp3) is 1.00. The zero-order valence-electron chi connectivity index (χ0n) is 8.97. The van der Waals surface area contributed by atoms with E-state index in [0.29, 0.717) is 0 Å². The Balaban J connectivity index is 2.28. The Kier molecular flexibility index (Phi) is 4.11. The molecule has 2 unspecified atom stereocenters. The lowest BCUT2D eigenvalue weighted by molar-refractivity contribution is 0.306. The van der Waals surface area contributed by atoms with Gasteiger partial charge in [-0.25, -0.2) is 0 Å². The van der Waals surface area contributed by atoms with Gasteiger partial charge in [-0.1, -0.05) is 52.9 Å². The van der Waals surface area contributed by atoms with E-state index < -0.39 is 0 Å². The predicted octanol–water partition coefficient (Wildman–Crippen LogP) is 4.25. The molecule has 0 aliphatic heterocycles. The summed E-state index contributed by atoms with van der Waals surface area (Å²) in [6.45, 7) is 7.13. The Bertz CT molecular complexity index is 113. The van der Waals surface area contributed by atoms with Gasteiger partial charge in [-0.15, -0.1) is 0 Å². The highest BCUT2D eigenvalue weighted by Crippen LogP contribution is 2.36. The summed E-state index contributed by atoms with van der Waals surface area (Å²) in [7, 11) is 0. The molecule has 0 aromatic rings. The largest absolute Gasteiger partial charge is 0.0651 e. The molecule has 0 bridgehead atoms. The van der Waals surface area contributed by atoms with Crippen LogP contribution >= 0.6 is 0 Å². The summed E-state index contributed by atoms with van der Waals surface area (Å²) in [5.41, 5.74) is 0. The van der Waals surface area contributed by atoms with Gasteiger partial charge in [0.1, 0.15) is 0 Å². The van der Waals surface area contributed by atoms with Crippen molar-refractivity contribution in [2.45, 2.75) is 59.3 Å². The third-order valence-corrected chi connectivity index (χ3v) is 3.83. The minimum atomic E-state index is 1.01. The van der Waals surface area contributed by atoms with E-state index in [0.717, 1.165) is 17.8 Å². The molecule has 0 aromatic heterocycles. The SMILES string of the molecule is CCC(CC)CC1CCCC1C. The molecule has 12 heavy (non-hydrogen) atoms. The summed E-state index contributed by atoms with van der Waals surface area (Å²) in [5.74, 6) is 3.09. The van der Waals surface area contributed by atoms with Crippen LogP contribution in [0.25, 0.3) is 0 Å². The van der Waals surface area contributed by atoms with E-state index in [1.165, 1.54) is 38.5 Å². The second-order valence-corrected chi connectivity index (χ2v) is 4.59. The molecule has 0 saturated heterocycles. The molecule has 0 heteroatoms. The van der Waals surface area contributed by atoms with Gasteiger partial charge in [0.2, 0.25) is 0 Å². The first-order chi connectivity index (χ1) is 5.77. The topological polar surface area (TPSA) is 0 Å². The van der Waals surface area contributed by atoms with Crippen molar-refractivity contribution in [1.82, 2.24) is 0 Å². The van der Waals surface area contributed by atoms with Crippen molar-refractivity contribution in [3.05, 3.63) is 0 Å². The first-order valence-electron chi connectivity index (χ1n) is 5.77. The van der Waals surface area contributed by atoms with Crippen LogP contribution in [0.3, 0.4) is 0 Å². The molecule has 72 valence electrons. The van der Waals surface area contributed by atoms with E-state index in [9.17, 15) is 0 Å². The maximum atomic E-state index is 2.44. The van der Waals surface area contributed by atoms with Crippen LogP contribution < -0.4 is 0 Å². The van der Waals surface area contributed by atoms with Crippen LogP contribution in [0.1, 0.15) is 59.3 Å². The minimum absolute atomic E-state index is 1.01. The lowest BCUT2D eigenvalue weighted by Crippen LogP contribution is -2.10. The Morgan fingerprint density at radius 2 is 1.83 bits per heavy atom. The maximum Gasteiger partial charge on any atom is -0.0386 e. The van der Waals surface area contributed by atoms with Crippen LogP contribution in [0.4, 0.5) is 0 Å². The molecular formula is C12H24. The number of rotatable bonds is 4. The molecule has 0 N–H and O–H groups in total. The Hall–Kier alpha value is 0. The van der Waals surface area contributed by atoms with Gasteiger partial charge in [0, 0.05) is 0 Å². The maximum absolute atomic E-state index is 2.44. The average Bonchev–Trinajstić information content (AvgIpc) is 2.47. The lowest BCUT2D eigenvalue weighted by atomic mass is 9.85. The minimum Gasteiger partial charge on any atom is -0.0651 e. The molecule has 0 aromatic carbocycles. The van der Waals surface area contributed by atoms with Gasteiger partial charge >= 0.3 is 0 Å². The summed E-state index contributed by atoms with van der Waals surface area (Å²) < 4.78 is 0. The first kappa shape index (κ1) is 10.1. The van der Waals surface area contributed by atoms with E-state index in [2.05, 4.69) is 20.8 Å². The Morgan fingerprint density at radius 1 is 1.17 bits per heavy atom. The standard InChI is InChI=1S/C12H24/c1-4-11(5-2)9-12-8-6-7-10(12)3/h10-12H,4-9H2,1-3H3. The molecule has 2 atom stereocenters. The van der Waals surface area contributed by atoms with Crippen molar-refractivity contribution in [1.29, 1.82) is 0 Å². The highest BCUT2D eigenvalue weighted by Gasteiger charge is 2.24. The molecule has 1 rings (SSSR count). The molecular weight excluding hydrogens is 144 g/mol. The van der Waals surface area contributed by atoms with Crippen molar-refractivity contribution < 1.29 is 0 Å². The van der Waals surface area contributed by atoms with Gasteiger partial charge < -0.3 is 0 Å². The van der Waals surface area contributed by atoms with Crippen molar-refractivity contribution in [3.63, 3.8) is 0 Å². The van der Waals surface area contributed by atoms with Gasteiger partial charge in [-0.2, -0.15) is 0 Å². The van der Waals surface area contributed by atoms with Gasteiger partial charge in [0.15, 0.2) is 0 Å².